The highest BCUT2D eigenvalue weighted by atomic mass is 15.1. The quantitative estimate of drug-likeness (QED) is 0.156. The number of anilines is 3. The van der Waals surface area contributed by atoms with Crippen LogP contribution >= 0.6 is 0 Å². The SMILES string of the molecule is CC1(C)C2=C(CCC=C2)c2cc(N(c3ccc(-c4ccc5c(c4)C(C)(C)c4ccccc4-5)cc3)c3cccc(-c4ccccc4)c3-c3ccccc3-c3ccccc3)ccc21. The number of fused-ring (bicyclic) bond motifs is 5. The fraction of sp³-hybridized carbons (Fsp3) is 0.133. The molecule has 0 saturated carbocycles. The van der Waals surface area contributed by atoms with Crippen molar-refractivity contribution < 1.29 is 0 Å². The van der Waals surface area contributed by atoms with Gasteiger partial charge in [-0.2, -0.15) is 0 Å². The maximum Gasteiger partial charge on any atom is 0.0546 e. The van der Waals surface area contributed by atoms with Crippen molar-refractivity contribution in [2.24, 2.45) is 0 Å². The number of hydrogen-bond acceptors (Lipinski definition) is 1. The summed E-state index contributed by atoms with van der Waals surface area (Å²) in [5.74, 6) is 0. The maximum atomic E-state index is 2.51. The van der Waals surface area contributed by atoms with Crippen molar-refractivity contribution in [3.8, 4) is 55.6 Å². The first-order valence-electron chi connectivity index (χ1n) is 21.8. The van der Waals surface area contributed by atoms with Gasteiger partial charge in [-0.05, 0) is 133 Å². The van der Waals surface area contributed by atoms with E-state index in [1.807, 2.05) is 0 Å². The van der Waals surface area contributed by atoms with Crippen LogP contribution in [-0.4, -0.2) is 0 Å². The smallest absolute Gasteiger partial charge is 0.0546 e. The van der Waals surface area contributed by atoms with Crippen LogP contribution in [0, 0.1) is 0 Å². The van der Waals surface area contributed by atoms with Gasteiger partial charge in [0, 0.05) is 27.8 Å². The average Bonchev–Trinajstić information content (AvgIpc) is 3.68. The molecule has 0 radical (unpaired) electrons. The average molecular weight is 784 g/mol. The van der Waals surface area contributed by atoms with Crippen molar-refractivity contribution in [1.82, 2.24) is 0 Å². The molecule has 0 aromatic heterocycles. The fourth-order valence-corrected chi connectivity index (χ4v) is 10.7. The van der Waals surface area contributed by atoms with Gasteiger partial charge in [-0.15, -0.1) is 0 Å². The standard InChI is InChI=1S/C60H49N/c1-59(2)54-28-16-14-24-49(54)52-39-45(35-37-55(52)59)61(44-33-30-40(31-34-44)43-32-36-50-48-23-13-15-27-53(48)60(3,4)56(50)38-43)57-29-17-26-47(42-20-9-6-10-21-42)58(57)51-25-12-11-22-46(51)41-18-7-5-8-19-41/h5-13,15-23,25-39H,14,24H2,1-4H3. The van der Waals surface area contributed by atoms with E-state index in [0.29, 0.717) is 0 Å². The lowest BCUT2D eigenvalue weighted by Crippen LogP contribution is -2.17. The lowest BCUT2D eigenvalue weighted by molar-refractivity contribution is 0.651. The highest BCUT2D eigenvalue weighted by molar-refractivity contribution is 6.01. The molecular weight excluding hydrogens is 735 g/mol. The van der Waals surface area contributed by atoms with Gasteiger partial charge in [-0.1, -0.05) is 192 Å². The van der Waals surface area contributed by atoms with E-state index in [-0.39, 0.29) is 10.8 Å². The lowest BCUT2D eigenvalue weighted by Gasteiger charge is -2.31. The van der Waals surface area contributed by atoms with Crippen molar-refractivity contribution in [2.45, 2.75) is 51.4 Å². The number of rotatable bonds is 7. The van der Waals surface area contributed by atoms with E-state index in [2.05, 4.69) is 233 Å². The summed E-state index contributed by atoms with van der Waals surface area (Å²) in [6.45, 7) is 9.50. The van der Waals surface area contributed by atoms with E-state index in [1.165, 1.54) is 89.0 Å². The maximum absolute atomic E-state index is 2.51. The lowest BCUT2D eigenvalue weighted by atomic mass is 9.80. The Labute approximate surface area is 361 Å². The molecule has 8 aromatic rings. The Bertz CT molecular complexity index is 3050. The van der Waals surface area contributed by atoms with E-state index >= 15 is 0 Å². The van der Waals surface area contributed by atoms with Crippen LogP contribution in [0.25, 0.3) is 61.2 Å². The van der Waals surface area contributed by atoms with Gasteiger partial charge in [0.15, 0.2) is 0 Å². The van der Waals surface area contributed by atoms with Crippen LogP contribution in [-0.2, 0) is 10.8 Å². The van der Waals surface area contributed by atoms with Gasteiger partial charge >= 0.3 is 0 Å². The second-order valence-corrected chi connectivity index (χ2v) is 18.0. The highest BCUT2D eigenvalue weighted by Crippen LogP contribution is 2.54. The molecule has 3 aliphatic carbocycles. The number of benzene rings is 8. The molecule has 0 heterocycles. The zero-order valence-corrected chi connectivity index (χ0v) is 35.4. The van der Waals surface area contributed by atoms with Crippen molar-refractivity contribution in [3.05, 3.63) is 228 Å². The third-order valence-corrected chi connectivity index (χ3v) is 13.8. The summed E-state index contributed by atoms with van der Waals surface area (Å²) in [6, 6.07) is 70.0. The summed E-state index contributed by atoms with van der Waals surface area (Å²) in [5.41, 5.74) is 24.3. The van der Waals surface area contributed by atoms with Crippen LogP contribution in [0.1, 0.15) is 62.8 Å². The van der Waals surface area contributed by atoms with E-state index in [1.54, 1.807) is 0 Å². The van der Waals surface area contributed by atoms with Crippen molar-refractivity contribution in [3.63, 3.8) is 0 Å². The first kappa shape index (κ1) is 37.1. The first-order valence-corrected chi connectivity index (χ1v) is 21.8. The van der Waals surface area contributed by atoms with Crippen molar-refractivity contribution in [1.29, 1.82) is 0 Å². The van der Waals surface area contributed by atoms with Gasteiger partial charge in [0.05, 0.1) is 5.69 Å². The van der Waals surface area contributed by atoms with Crippen LogP contribution in [0.5, 0.6) is 0 Å². The predicted octanol–water partition coefficient (Wildman–Crippen LogP) is 16.5. The molecular formula is C60H49N. The van der Waals surface area contributed by atoms with Crippen molar-refractivity contribution >= 4 is 22.6 Å². The second-order valence-electron chi connectivity index (χ2n) is 18.0. The van der Waals surface area contributed by atoms with E-state index in [9.17, 15) is 0 Å². The molecule has 0 spiro atoms. The molecule has 8 aromatic carbocycles. The summed E-state index contributed by atoms with van der Waals surface area (Å²) in [7, 11) is 0. The number of nitrogens with zero attached hydrogens (tertiary/aromatic N) is 1. The minimum Gasteiger partial charge on any atom is -0.310 e. The molecule has 0 bridgehead atoms. The Balaban J connectivity index is 1.12. The summed E-state index contributed by atoms with van der Waals surface area (Å²) in [6.07, 6.45) is 6.89. The van der Waals surface area contributed by atoms with Crippen LogP contribution in [0.3, 0.4) is 0 Å². The number of allylic oxidation sites excluding steroid dienone is 4. The molecule has 0 saturated heterocycles. The van der Waals surface area contributed by atoms with E-state index < -0.39 is 0 Å². The molecule has 0 fully saturated rings. The van der Waals surface area contributed by atoms with Gasteiger partial charge in [-0.25, -0.2) is 0 Å². The van der Waals surface area contributed by atoms with E-state index in [4.69, 9.17) is 0 Å². The third kappa shape index (κ3) is 5.98. The second kappa shape index (κ2) is 14.4. The van der Waals surface area contributed by atoms with Crippen LogP contribution in [0.2, 0.25) is 0 Å². The summed E-state index contributed by atoms with van der Waals surface area (Å²) in [4.78, 5) is 2.51. The predicted molar refractivity (Wildman–Crippen MR) is 259 cm³/mol. The third-order valence-electron chi connectivity index (χ3n) is 13.8. The van der Waals surface area contributed by atoms with Gasteiger partial charge in [0.1, 0.15) is 0 Å². The minimum absolute atomic E-state index is 0.0363. The van der Waals surface area contributed by atoms with E-state index in [0.717, 1.165) is 29.9 Å². The largest absolute Gasteiger partial charge is 0.310 e. The zero-order chi connectivity index (χ0) is 41.3. The van der Waals surface area contributed by atoms with Crippen LogP contribution in [0.4, 0.5) is 17.1 Å². The molecule has 1 nitrogen and oxygen atoms in total. The normalized spacial score (nSPS) is 15.2. The zero-order valence-electron chi connectivity index (χ0n) is 35.4. The Morgan fingerprint density at radius 3 is 1.74 bits per heavy atom. The molecule has 0 atom stereocenters. The molecule has 61 heavy (non-hydrogen) atoms. The Morgan fingerprint density at radius 1 is 0.393 bits per heavy atom. The summed E-state index contributed by atoms with van der Waals surface area (Å²) in [5, 5.41) is 0. The monoisotopic (exact) mass is 783 g/mol. The van der Waals surface area contributed by atoms with Gasteiger partial charge in [0.2, 0.25) is 0 Å². The molecule has 11 rings (SSSR count). The van der Waals surface area contributed by atoms with Gasteiger partial charge < -0.3 is 4.90 Å². The summed E-state index contributed by atoms with van der Waals surface area (Å²) < 4.78 is 0. The fourth-order valence-electron chi connectivity index (χ4n) is 10.7. The molecule has 0 unspecified atom stereocenters. The topological polar surface area (TPSA) is 3.24 Å². The highest BCUT2D eigenvalue weighted by Gasteiger charge is 2.38. The Kier molecular flexibility index (Phi) is 8.72. The molecule has 0 N–H and O–H groups in total. The first-order chi connectivity index (χ1) is 29.8. The Morgan fingerprint density at radius 2 is 0.984 bits per heavy atom. The van der Waals surface area contributed by atoms with Crippen LogP contribution in [0.15, 0.2) is 206 Å². The summed E-state index contributed by atoms with van der Waals surface area (Å²) >= 11 is 0. The van der Waals surface area contributed by atoms with Crippen molar-refractivity contribution in [2.75, 3.05) is 4.90 Å². The molecule has 0 amide bonds. The Hall–Kier alpha value is -6.96. The van der Waals surface area contributed by atoms with Gasteiger partial charge in [0.25, 0.3) is 0 Å². The van der Waals surface area contributed by atoms with Gasteiger partial charge in [-0.3, -0.25) is 0 Å². The molecule has 294 valence electrons. The molecule has 1 heteroatoms. The minimum atomic E-state index is -0.0551. The molecule has 0 aliphatic heterocycles. The number of hydrogen-bond donors (Lipinski definition) is 0. The van der Waals surface area contributed by atoms with Crippen LogP contribution < -0.4 is 4.90 Å². The molecule has 3 aliphatic rings.